The SMILES string of the molecule is CC#CCNCc1ccc(Cl)nc1. The number of nitrogens with zero attached hydrogens (tertiary/aromatic N) is 1. The molecule has 0 saturated heterocycles. The number of hydrogen-bond donors (Lipinski definition) is 1. The van der Waals surface area contributed by atoms with Crippen molar-refractivity contribution >= 4 is 11.6 Å². The summed E-state index contributed by atoms with van der Waals surface area (Å²) < 4.78 is 0. The molecular formula is C10H11ClN2. The van der Waals surface area contributed by atoms with Gasteiger partial charge in [0.05, 0.1) is 6.54 Å². The number of nitrogens with one attached hydrogen (secondary N) is 1. The van der Waals surface area contributed by atoms with E-state index in [0.717, 1.165) is 12.1 Å². The second-order valence-electron chi connectivity index (χ2n) is 2.52. The van der Waals surface area contributed by atoms with Crippen molar-refractivity contribution in [3.8, 4) is 11.8 Å². The Labute approximate surface area is 83.3 Å². The van der Waals surface area contributed by atoms with E-state index in [-0.39, 0.29) is 0 Å². The van der Waals surface area contributed by atoms with Gasteiger partial charge in [-0.25, -0.2) is 4.98 Å². The van der Waals surface area contributed by atoms with Crippen LogP contribution < -0.4 is 5.32 Å². The van der Waals surface area contributed by atoms with Crippen LogP contribution >= 0.6 is 11.6 Å². The van der Waals surface area contributed by atoms with Gasteiger partial charge in [-0.3, -0.25) is 0 Å². The van der Waals surface area contributed by atoms with Crippen LogP contribution in [-0.4, -0.2) is 11.5 Å². The van der Waals surface area contributed by atoms with E-state index in [4.69, 9.17) is 11.6 Å². The molecule has 68 valence electrons. The van der Waals surface area contributed by atoms with Crippen molar-refractivity contribution < 1.29 is 0 Å². The number of pyridine rings is 1. The Morgan fingerprint density at radius 2 is 2.38 bits per heavy atom. The molecule has 0 saturated carbocycles. The molecule has 0 fully saturated rings. The molecule has 0 aliphatic heterocycles. The molecule has 0 aliphatic carbocycles. The summed E-state index contributed by atoms with van der Waals surface area (Å²) in [6, 6.07) is 3.73. The molecule has 0 amide bonds. The Morgan fingerprint density at radius 3 is 3.00 bits per heavy atom. The molecule has 0 radical (unpaired) electrons. The highest BCUT2D eigenvalue weighted by molar-refractivity contribution is 6.29. The number of hydrogen-bond acceptors (Lipinski definition) is 2. The maximum absolute atomic E-state index is 5.64. The first-order chi connectivity index (χ1) is 6.33. The summed E-state index contributed by atoms with van der Waals surface area (Å²) >= 11 is 5.64. The Morgan fingerprint density at radius 1 is 1.54 bits per heavy atom. The molecule has 2 nitrogen and oxygen atoms in total. The van der Waals surface area contributed by atoms with Gasteiger partial charge in [0.1, 0.15) is 5.15 Å². The summed E-state index contributed by atoms with van der Waals surface area (Å²) in [6.07, 6.45) is 1.76. The van der Waals surface area contributed by atoms with Crippen molar-refractivity contribution in [1.29, 1.82) is 0 Å². The highest BCUT2D eigenvalue weighted by Gasteiger charge is 1.91. The Hall–Kier alpha value is -1.04. The predicted octanol–water partition coefficient (Wildman–Crippen LogP) is 1.85. The first-order valence-corrected chi connectivity index (χ1v) is 4.41. The van der Waals surface area contributed by atoms with Gasteiger partial charge in [0.15, 0.2) is 0 Å². The van der Waals surface area contributed by atoms with E-state index in [1.165, 1.54) is 0 Å². The largest absolute Gasteiger partial charge is 0.302 e. The lowest BCUT2D eigenvalue weighted by atomic mass is 10.3. The van der Waals surface area contributed by atoms with E-state index in [1.807, 2.05) is 13.0 Å². The van der Waals surface area contributed by atoms with Crippen LogP contribution in [-0.2, 0) is 6.54 Å². The van der Waals surface area contributed by atoms with E-state index in [9.17, 15) is 0 Å². The fourth-order valence-corrected chi connectivity index (χ4v) is 0.981. The van der Waals surface area contributed by atoms with E-state index in [2.05, 4.69) is 22.1 Å². The Kier molecular flexibility index (Phi) is 4.31. The van der Waals surface area contributed by atoms with Crippen LogP contribution in [0.25, 0.3) is 0 Å². The second-order valence-corrected chi connectivity index (χ2v) is 2.91. The first kappa shape index (κ1) is 10.0. The summed E-state index contributed by atoms with van der Waals surface area (Å²) in [4.78, 5) is 3.97. The van der Waals surface area contributed by atoms with Crippen molar-refractivity contribution in [2.75, 3.05) is 6.54 Å². The van der Waals surface area contributed by atoms with Gasteiger partial charge in [-0.15, -0.1) is 5.92 Å². The third-order valence-electron chi connectivity index (χ3n) is 1.51. The summed E-state index contributed by atoms with van der Waals surface area (Å²) in [5.74, 6) is 5.74. The molecule has 0 bridgehead atoms. The Balaban J connectivity index is 2.36. The van der Waals surface area contributed by atoms with Crippen LogP contribution in [0.3, 0.4) is 0 Å². The second kappa shape index (κ2) is 5.58. The van der Waals surface area contributed by atoms with Gasteiger partial charge in [0.25, 0.3) is 0 Å². The van der Waals surface area contributed by atoms with Gasteiger partial charge in [-0.2, -0.15) is 0 Å². The fraction of sp³-hybridized carbons (Fsp3) is 0.300. The van der Waals surface area contributed by atoms with Crippen LogP contribution in [0, 0.1) is 11.8 Å². The average Bonchev–Trinajstić information content (AvgIpc) is 2.15. The van der Waals surface area contributed by atoms with E-state index < -0.39 is 0 Å². The van der Waals surface area contributed by atoms with Gasteiger partial charge in [0, 0.05) is 12.7 Å². The highest BCUT2D eigenvalue weighted by atomic mass is 35.5. The Bertz CT molecular complexity index is 308. The van der Waals surface area contributed by atoms with Gasteiger partial charge in [-0.1, -0.05) is 23.6 Å². The molecule has 13 heavy (non-hydrogen) atoms. The van der Waals surface area contributed by atoms with Crippen LogP contribution in [0.5, 0.6) is 0 Å². The number of aromatic nitrogens is 1. The van der Waals surface area contributed by atoms with Crippen molar-refractivity contribution in [2.24, 2.45) is 0 Å². The predicted molar refractivity (Wildman–Crippen MR) is 54.4 cm³/mol. The maximum atomic E-state index is 5.64. The molecule has 1 N–H and O–H groups in total. The van der Waals surface area contributed by atoms with Crippen LogP contribution in [0.1, 0.15) is 12.5 Å². The summed E-state index contributed by atoms with van der Waals surface area (Å²) in [5, 5.41) is 3.69. The zero-order chi connectivity index (χ0) is 9.52. The standard InChI is InChI=1S/C10H11ClN2/c1-2-3-6-12-7-9-4-5-10(11)13-8-9/h4-5,8,12H,6-7H2,1H3. The lowest BCUT2D eigenvalue weighted by Gasteiger charge is -1.99. The molecule has 0 aromatic carbocycles. The highest BCUT2D eigenvalue weighted by Crippen LogP contribution is 2.04. The minimum absolute atomic E-state index is 0.525. The number of rotatable bonds is 3. The molecule has 1 aromatic heterocycles. The third-order valence-corrected chi connectivity index (χ3v) is 1.73. The summed E-state index contributed by atoms with van der Waals surface area (Å²) in [5.41, 5.74) is 1.11. The molecule has 0 aliphatic rings. The van der Waals surface area contributed by atoms with Crippen LogP contribution in [0.4, 0.5) is 0 Å². The molecule has 0 unspecified atom stereocenters. The molecule has 1 aromatic rings. The normalized spacial score (nSPS) is 9.08. The van der Waals surface area contributed by atoms with Crippen molar-refractivity contribution in [3.05, 3.63) is 29.0 Å². The van der Waals surface area contributed by atoms with E-state index >= 15 is 0 Å². The molecule has 0 spiro atoms. The van der Waals surface area contributed by atoms with Gasteiger partial charge in [0.2, 0.25) is 0 Å². The fourth-order valence-electron chi connectivity index (χ4n) is 0.869. The van der Waals surface area contributed by atoms with Crippen molar-refractivity contribution in [1.82, 2.24) is 10.3 Å². The van der Waals surface area contributed by atoms with Crippen LogP contribution in [0.2, 0.25) is 5.15 Å². The van der Waals surface area contributed by atoms with Crippen LogP contribution in [0.15, 0.2) is 18.3 Å². The first-order valence-electron chi connectivity index (χ1n) is 4.03. The molecule has 0 atom stereocenters. The van der Waals surface area contributed by atoms with E-state index in [1.54, 1.807) is 12.3 Å². The zero-order valence-electron chi connectivity index (χ0n) is 7.47. The molecule has 1 rings (SSSR count). The molecule has 1 heterocycles. The van der Waals surface area contributed by atoms with E-state index in [0.29, 0.717) is 11.7 Å². The van der Waals surface area contributed by atoms with Crippen molar-refractivity contribution in [2.45, 2.75) is 13.5 Å². The van der Waals surface area contributed by atoms with Gasteiger partial charge < -0.3 is 5.32 Å². The lowest BCUT2D eigenvalue weighted by Crippen LogP contribution is -2.13. The zero-order valence-corrected chi connectivity index (χ0v) is 8.23. The number of halogens is 1. The summed E-state index contributed by atoms with van der Waals surface area (Å²) in [7, 11) is 0. The smallest absolute Gasteiger partial charge is 0.129 e. The molecular weight excluding hydrogens is 184 g/mol. The third kappa shape index (κ3) is 3.93. The lowest BCUT2D eigenvalue weighted by molar-refractivity contribution is 0.766. The monoisotopic (exact) mass is 194 g/mol. The minimum Gasteiger partial charge on any atom is -0.302 e. The molecule has 3 heteroatoms. The maximum Gasteiger partial charge on any atom is 0.129 e. The van der Waals surface area contributed by atoms with Gasteiger partial charge >= 0.3 is 0 Å². The van der Waals surface area contributed by atoms with Gasteiger partial charge in [-0.05, 0) is 18.6 Å². The minimum atomic E-state index is 0.525. The topological polar surface area (TPSA) is 24.9 Å². The quantitative estimate of drug-likeness (QED) is 0.451. The average molecular weight is 195 g/mol. The van der Waals surface area contributed by atoms with Crippen molar-refractivity contribution in [3.63, 3.8) is 0 Å². The summed E-state index contributed by atoms with van der Waals surface area (Å²) in [6.45, 7) is 3.31.